The third kappa shape index (κ3) is 2.23. The molecule has 0 aliphatic carbocycles. The van der Waals surface area contributed by atoms with Gasteiger partial charge >= 0.3 is 0 Å². The van der Waals surface area contributed by atoms with Crippen LogP contribution in [0.3, 0.4) is 0 Å². The predicted octanol–water partition coefficient (Wildman–Crippen LogP) is 1.46. The molecule has 2 rings (SSSR count). The average Bonchev–Trinajstić information content (AvgIpc) is 2.30. The normalized spacial score (nSPS) is 21.7. The van der Waals surface area contributed by atoms with E-state index in [0.717, 1.165) is 25.3 Å². The molecule has 0 radical (unpaired) electrons. The van der Waals surface area contributed by atoms with Gasteiger partial charge in [0.25, 0.3) is 0 Å². The molecule has 1 aliphatic rings. The number of hydrogen-bond donors (Lipinski definition) is 2. The summed E-state index contributed by atoms with van der Waals surface area (Å²) in [6.07, 6.45) is 1.18. The summed E-state index contributed by atoms with van der Waals surface area (Å²) in [4.78, 5) is 2.47. The van der Waals surface area contributed by atoms with E-state index in [1.807, 2.05) is 12.1 Å². The van der Waals surface area contributed by atoms with Gasteiger partial charge in [0.2, 0.25) is 0 Å². The minimum Gasteiger partial charge on any atom is -0.399 e. The number of nitrogens with one attached hydrogen (secondary N) is 1. The van der Waals surface area contributed by atoms with Crippen molar-refractivity contribution in [1.82, 2.24) is 5.32 Å². The lowest BCUT2D eigenvalue weighted by atomic mass is 10.1. The Morgan fingerprint density at radius 2 is 2.13 bits per heavy atom. The number of hydrogen-bond acceptors (Lipinski definition) is 3. The summed E-state index contributed by atoms with van der Waals surface area (Å²) in [6, 6.07) is 8.79. The molecule has 82 valence electrons. The molecule has 0 amide bonds. The molecule has 1 aromatic carbocycles. The second kappa shape index (κ2) is 4.53. The first-order chi connectivity index (χ1) is 7.31. The lowest BCUT2D eigenvalue weighted by Crippen LogP contribution is -2.51. The van der Waals surface area contributed by atoms with E-state index < -0.39 is 0 Å². The largest absolute Gasteiger partial charge is 0.399 e. The summed E-state index contributed by atoms with van der Waals surface area (Å²) < 4.78 is 0. The van der Waals surface area contributed by atoms with Gasteiger partial charge in [0.15, 0.2) is 0 Å². The van der Waals surface area contributed by atoms with E-state index in [1.54, 1.807) is 0 Å². The number of nitrogens with zero attached hydrogens (tertiary/aromatic N) is 1. The summed E-state index contributed by atoms with van der Waals surface area (Å²) in [5.74, 6) is 0. The Bertz CT molecular complexity index is 307. The van der Waals surface area contributed by atoms with E-state index >= 15 is 0 Å². The fraction of sp³-hybridized carbons (Fsp3) is 0.500. The molecule has 0 bridgehead atoms. The fourth-order valence-electron chi connectivity index (χ4n) is 2.13. The Labute approximate surface area is 91.3 Å². The summed E-state index contributed by atoms with van der Waals surface area (Å²) in [6.45, 7) is 5.48. The molecule has 0 saturated carbocycles. The molecule has 1 saturated heterocycles. The third-order valence-corrected chi connectivity index (χ3v) is 3.05. The molecule has 3 nitrogen and oxygen atoms in total. The highest BCUT2D eigenvalue weighted by molar-refractivity contribution is 5.54. The highest BCUT2D eigenvalue weighted by Gasteiger charge is 2.20. The van der Waals surface area contributed by atoms with Crippen LogP contribution in [0.5, 0.6) is 0 Å². The monoisotopic (exact) mass is 205 g/mol. The summed E-state index contributed by atoms with van der Waals surface area (Å²) in [5.41, 5.74) is 7.82. The molecule has 3 heteroatoms. The molecule has 0 aromatic heterocycles. The van der Waals surface area contributed by atoms with Gasteiger partial charge in [-0.25, -0.2) is 0 Å². The number of benzene rings is 1. The maximum atomic E-state index is 5.69. The van der Waals surface area contributed by atoms with Gasteiger partial charge in [-0.05, 0) is 30.7 Å². The van der Waals surface area contributed by atoms with E-state index in [9.17, 15) is 0 Å². The van der Waals surface area contributed by atoms with E-state index in [2.05, 4.69) is 29.3 Å². The Morgan fingerprint density at radius 3 is 2.80 bits per heavy atom. The Morgan fingerprint density at radius 1 is 1.40 bits per heavy atom. The van der Waals surface area contributed by atoms with Crippen LogP contribution in [0.2, 0.25) is 0 Å². The SMILES string of the molecule is CCC1CNCCN1c1ccc(N)cc1. The summed E-state index contributed by atoms with van der Waals surface area (Å²) in [5, 5.41) is 3.43. The first-order valence-corrected chi connectivity index (χ1v) is 5.64. The molecule has 15 heavy (non-hydrogen) atoms. The van der Waals surface area contributed by atoms with Crippen molar-refractivity contribution < 1.29 is 0 Å². The van der Waals surface area contributed by atoms with Gasteiger partial charge in [0.05, 0.1) is 0 Å². The van der Waals surface area contributed by atoms with Gasteiger partial charge in [-0.1, -0.05) is 6.92 Å². The van der Waals surface area contributed by atoms with Crippen LogP contribution in [-0.4, -0.2) is 25.7 Å². The summed E-state index contributed by atoms with van der Waals surface area (Å²) >= 11 is 0. The fourth-order valence-corrected chi connectivity index (χ4v) is 2.13. The van der Waals surface area contributed by atoms with Gasteiger partial charge in [0, 0.05) is 37.1 Å². The second-order valence-electron chi connectivity index (χ2n) is 4.05. The third-order valence-electron chi connectivity index (χ3n) is 3.05. The van der Waals surface area contributed by atoms with Crippen LogP contribution in [0.4, 0.5) is 11.4 Å². The molecular weight excluding hydrogens is 186 g/mol. The molecule has 1 unspecified atom stereocenters. The Hall–Kier alpha value is -1.22. The number of anilines is 2. The van der Waals surface area contributed by atoms with Crippen LogP contribution in [0.15, 0.2) is 24.3 Å². The Kier molecular flexibility index (Phi) is 3.11. The van der Waals surface area contributed by atoms with Crippen molar-refractivity contribution in [3.05, 3.63) is 24.3 Å². The average molecular weight is 205 g/mol. The molecule has 0 spiro atoms. The second-order valence-corrected chi connectivity index (χ2v) is 4.05. The van der Waals surface area contributed by atoms with Crippen LogP contribution in [0.25, 0.3) is 0 Å². The maximum absolute atomic E-state index is 5.69. The minimum absolute atomic E-state index is 0.613. The lowest BCUT2D eigenvalue weighted by Gasteiger charge is -2.37. The van der Waals surface area contributed by atoms with Crippen LogP contribution in [-0.2, 0) is 0 Å². The zero-order valence-corrected chi connectivity index (χ0v) is 9.24. The zero-order chi connectivity index (χ0) is 10.7. The van der Waals surface area contributed by atoms with Crippen molar-refractivity contribution in [2.75, 3.05) is 30.3 Å². The first-order valence-electron chi connectivity index (χ1n) is 5.64. The zero-order valence-electron chi connectivity index (χ0n) is 9.24. The quantitative estimate of drug-likeness (QED) is 0.718. The van der Waals surface area contributed by atoms with E-state index in [4.69, 9.17) is 5.73 Å². The molecule has 3 N–H and O–H groups in total. The van der Waals surface area contributed by atoms with Crippen LogP contribution >= 0.6 is 0 Å². The molecule has 1 heterocycles. The van der Waals surface area contributed by atoms with Gasteiger partial charge in [-0.2, -0.15) is 0 Å². The minimum atomic E-state index is 0.613. The maximum Gasteiger partial charge on any atom is 0.0412 e. The number of nitrogen functional groups attached to an aromatic ring is 1. The van der Waals surface area contributed by atoms with Crippen LogP contribution in [0.1, 0.15) is 13.3 Å². The Balaban J connectivity index is 2.16. The van der Waals surface area contributed by atoms with Crippen LogP contribution in [0, 0.1) is 0 Å². The van der Waals surface area contributed by atoms with Crippen molar-refractivity contribution in [2.24, 2.45) is 0 Å². The number of nitrogens with two attached hydrogens (primary N) is 1. The summed E-state index contributed by atoms with van der Waals surface area (Å²) in [7, 11) is 0. The molecule has 1 atom stereocenters. The highest BCUT2D eigenvalue weighted by atomic mass is 15.2. The molecule has 1 aliphatic heterocycles. The van der Waals surface area contributed by atoms with Gasteiger partial charge in [-0.3, -0.25) is 0 Å². The topological polar surface area (TPSA) is 41.3 Å². The van der Waals surface area contributed by atoms with Crippen molar-refractivity contribution in [1.29, 1.82) is 0 Å². The van der Waals surface area contributed by atoms with Crippen LogP contribution < -0.4 is 16.0 Å². The van der Waals surface area contributed by atoms with E-state index in [-0.39, 0.29) is 0 Å². The van der Waals surface area contributed by atoms with Gasteiger partial charge in [-0.15, -0.1) is 0 Å². The van der Waals surface area contributed by atoms with E-state index in [1.165, 1.54) is 12.1 Å². The molecule has 1 aromatic rings. The van der Waals surface area contributed by atoms with Gasteiger partial charge < -0.3 is 16.0 Å². The van der Waals surface area contributed by atoms with Crippen molar-refractivity contribution in [3.8, 4) is 0 Å². The number of piperazine rings is 1. The molecule has 1 fully saturated rings. The van der Waals surface area contributed by atoms with Crippen molar-refractivity contribution in [2.45, 2.75) is 19.4 Å². The number of rotatable bonds is 2. The van der Waals surface area contributed by atoms with Gasteiger partial charge in [0.1, 0.15) is 0 Å². The predicted molar refractivity (Wildman–Crippen MR) is 65.1 cm³/mol. The smallest absolute Gasteiger partial charge is 0.0412 e. The first kappa shape index (κ1) is 10.3. The standard InChI is InChI=1S/C12H19N3/c1-2-11-9-14-7-8-15(11)12-5-3-10(13)4-6-12/h3-6,11,14H,2,7-9,13H2,1H3. The molecular formula is C12H19N3. The van der Waals surface area contributed by atoms with Crippen molar-refractivity contribution >= 4 is 11.4 Å². The lowest BCUT2D eigenvalue weighted by molar-refractivity contribution is 0.466. The van der Waals surface area contributed by atoms with Crippen molar-refractivity contribution in [3.63, 3.8) is 0 Å². The van der Waals surface area contributed by atoms with E-state index in [0.29, 0.717) is 6.04 Å². The highest BCUT2D eigenvalue weighted by Crippen LogP contribution is 2.20.